The summed E-state index contributed by atoms with van der Waals surface area (Å²) in [6.45, 7) is 1.26. The molecular formula is C23H46N8O4. The van der Waals surface area contributed by atoms with Crippen molar-refractivity contribution in [3.63, 3.8) is 0 Å². The number of carbonyl (C=O) groups is 3. The average Bonchev–Trinajstić information content (AvgIpc) is 2.75. The maximum atomic E-state index is 12.2. The lowest BCUT2D eigenvalue weighted by molar-refractivity contribution is -0.138. The smallest absolute Gasteiger partial charge is 0.307 e. The van der Waals surface area contributed by atoms with E-state index in [-0.39, 0.29) is 30.2 Å². The molecule has 35 heavy (non-hydrogen) atoms. The highest BCUT2D eigenvalue weighted by Crippen LogP contribution is 2.09. The van der Waals surface area contributed by atoms with Crippen LogP contribution in [0.5, 0.6) is 0 Å². The standard InChI is InChI=1S/C23H46N8O4/c24-22(25)28-15-11-7-3-1-5-9-13-19(32)30-18(17-21(34)35)31-20(33)14-10-6-2-4-8-12-16-29-23(26)27/h18H,1-17H2,(H,30,32)(H,31,33)(H,34,35)(H4,24,25,28)(H4,26,27,29). The Balaban J connectivity index is 3.97. The first-order chi connectivity index (χ1) is 16.7. The summed E-state index contributed by atoms with van der Waals surface area (Å²) < 4.78 is 0. The van der Waals surface area contributed by atoms with Gasteiger partial charge < -0.3 is 38.7 Å². The van der Waals surface area contributed by atoms with Crippen LogP contribution >= 0.6 is 0 Å². The van der Waals surface area contributed by atoms with Gasteiger partial charge in [-0.25, -0.2) is 0 Å². The predicted octanol–water partition coefficient (Wildman–Crippen LogP) is 1.03. The third-order valence-corrected chi connectivity index (χ3v) is 5.26. The molecule has 0 radical (unpaired) electrons. The highest BCUT2D eigenvalue weighted by atomic mass is 16.4. The SMILES string of the molecule is NC(N)=NCCCCCCCCC(=O)NC(CC(=O)O)NC(=O)CCCCCCCCN=C(N)N. The van der Waals surface area contributed by atoms with E-state index in [9.17, 15) is 14.4 Å². The molecule has 0 unspecified atom stereocenters. The molecular weight excluding hydrogens is 452 g/mol. The van der Waals surface area contributed by atoms with E-state index < -0.39 is 12.1 Å². The van der Waals surface area contributed by atoms with E-state index in [1.807, 2.05) is 0 Å². The van der Waals surface area contributed by atoms with Gasteiger partial charge in [-0.05, 0) is 25.7 Å². The molecule has 0 fully saturated rings. The van der Waals surface area contributed by atoms with E-state index in [2.05, 4.69) is 20.6 Å². The predicted molar refractivity (Wildman–Crippen MR) is 138 cm³/mol. The van der Waals surface area contributed by atoms with Crippen molar-refractivity contribution in [3.05, 3.63) is 0 Å². The molecule has 202 valence electrons. The fourth-order valence-corrected chi connectivity index (χ4v) is 3.47. The molecule has 0 atom stereocenters. The Morgan fingerprint density at radius 3 is 1.29 bits per heavy atom. The summed E-state index contributed by atoms with van der Waals surface area (Å²) in [7, 11) is 0. The Morgan fingerprint density at radius 2 is 0.943 bits per heavy atom. The summed E-state index contributed by atoms with van der Waals surface area (Å²) in [4.78, 5) is 43.3. The molecule has 0 saturated heterocycles. The minimum Gasteiger partial charge on any atom is -0.481 e. The molecule has 2 amide bonds. The quantitative estimate of drug-likeness (QED) is 0.0492. The van der Waals surface area contributed by atoms with Gasteiger partial charge in [0.1, 0.15) is 6.17 Å². The van der Waals surface area contributed by atoms with E-state index in [0.29, 0.717) is 38.8 Å². The number of nitrogens with one attached hydrogen (secondary N) is 2. The monoisotopic (exact) mass is 498 g/mol. The lowest BCUT2D eigenvalue weighted by Gasteiger charge is -2.18. The molecule has 0 aliphatic rings. The molecule has 0 rings (SSSR count). The molecule has 0 bridgehead atoms. The molecule has 11 N–H and O–H groups in total. The fourth-order valence-electron chi connectivity index (χ4n) is 3.47. The molecule has 0 aliphatic carbocycles. The molecule has 12 heteroatoms. The molecule has 12 nitrogen and oxygen atoms in total. The molecule has 0 aliphatic heterocycles. The van der Waals surface area contributed by atoms with Crippen molar-refractivity contribution >= 4 is 29.7 Å². The number of rotatable bonds is 22. The Morgan fingerprint density at radius 1 is 0.600 bits per heavy atom. The number of nitrogens with two attached hydrogens (primary N) is 4. The van der Waals surface area contributed by atoms with E-state index in [0.717, 1.165) is 64.2 Å². The second-order valence-corrected chi connectivity index (χ2v) is 8.64. The van der Waals surface area contributed by atoms with Gasteiger partial charge in [-0.3, -0.25) is 24.4 Å². The van der Waals surface area contributed by atoms with Crippen molar-refractivity contribution < 1.29 is 19.5 Å². The van der Waals surface area contributed by atoms with E-state index in [1.165, 1.54) is 0 Å². The first-order valence-corrected chi connectivity index (χ1v) is 12.6. The second kappa shape index (κ2) is 21.5. The summed E-state index contributed by atoms with van der Waals surface area (Å²) in [6.07, 6.45) is 10.5. The van der Waals surface area contributed by atoms with Crippen molar-refractivity contribution in [2.24, 2.45) is 32.9 Å². The van der Waals surface area contributed by atoms with Crippen LogP contribution in [0.2, 0.25) is 0 Å². The molecule has 0 spiro atoms. The third-order valence-electron chi connectivity index (χ3n) is 5.26. The van der Waals surface area contributed by atoms with Crippen molar-refractivity contribution in [1.29, 1.82) is 0 Å². The number of nitrogens with zero attached hydrogens (tertiary/aromatic N) is 2. The number of carbonyl (C=O) groups excluding carboxylic acids is 2. The summed E-state index contributed by atoms with van der Waals surface area (Å²) in [5.41, 5.74) is 21.1. The maximum Gasteiger partial charge on any atom is 0.307 e. The van der Waals surface area contributed by atoms with Gasteiger partial charge in [0.25, 0.3) is 0 Å². The Hall–Kier alpha value is -3.05. The number of carboxylic acid groups (broad SMARTS) is 1. The van der Waals surface area contributed by atoms with Gasteiger partial charge in [-0.1, -0.05) is 51.4 Å². The fraction of sp³-hybridized carbons (Fsp3) is 0.783. The van der Waals surface area contributed by atoms with Crippen LogP contribution in [0.15, 0.2) is 9.98 Å². The largest absolute Gasteiger partial charge is 0.481 e. The number of amides is 2. The number of guanidine groups is 2. The molecule has 0 heterocycles. The molecule has 0 saturated carbocycles. The zero-order valence-electron chi connectivity index (χ0n) is 21.0. The summed E-state index contributed by atoms with van der Waals surface area (Å²) >= 11 is 0. The first kappa shape index (κ1) is 31.9. The van der Waals surface area contributed by atoms with Gasteiger partial charge in [0, 0.05) is 25.9 Å². The first-order valence-electron chi connectivity index (χ1n) is 12.6. The van der Waals surface area contributed by atoms with Gasteiger partial charge in [0.05, 0.1) is 6.42 Å². The number of hydrogen-bond acceptors (Lipinski definition) is 5. The highest BCUT2D eigenvalue weighted by Gasteiger charge is 2.18. The van der Waals surface area contributed by atoms with Crippen LogP contribution in [-0.4, -0.2) is 54.1 Å². The Bertz CT molecular complexity index is 614. The molecule has 0 aromatic rings. The minimum atomic E-state index is -1.09. The summed E-state index contributed by atoms with van der Waals surface area (Å²) in [5, 5.41) is 14.4. The van der Waals surface area contributed by atoms with Crippen molar-refractivity contribution in [1.82, 2.24) is 10.6 Å². The number of aliphatic imine (C=N–C) groups is 2. The summed E-state index contributed by atoms with van der Waals surface area (Å²) in [6, 6.07) is 0. The zero-order chi connectivity index (χ0) is 26.3. The molecule has 0 aromatic heterocycles. The van der Waals surface area contributed by atoms with Crippen molar-refractivity contribution in [3.8, 4) is 0 Å². The van der Waals surface area contributed by atoms with Crippen LogP contribution in [-0.2, 0) is 14.4 Å². The van der Waals surface area contributed by atoms with E-state index in [1.54, 1.807) is 0 Å². The average molecular weight is 499 g/mol. The number of aliphatic carboxylic acids is 1. The normalized spacial score (nSPS) is 10.5. The van der Waals surface area contributed by atoms with E-state index in [4.69, 9.17) is 28.0 Å². The number of carboxylic acids is 1. The van der Waals surface area contributed by atoms with Gasteiger partial charge in [-0.15, -0.1) is 0 Å². The maximum absolute atomic E-state index is 12.2. The summed E-state index contributed by atoms with van der Waals surface area (Å²) in [5.74, 6) is -1.39. The van der Waals surface area contributed by atoms with Gasteiger partial charge in [-0.2, -0.15) is 0 Å². The Labute approximate surface area is 208 Å². The van der Waals surface area contributed by atoms with Crippen LogP contribution < -0.4 is 33.6 Å². The topological polar surface area (TPSA) is 224 Å². The number of unbranched alkanes of at least 4 members (excludes halogenated alkanes) is 10. The third kappa shape index (κ3) is 23.9. The van der Waals surface area contributed by atoms with Crippen molar-refractivity contribution in [2.75, 3.05) is 13.1 Å². The molecule has 0 aromatic carbocycles. The lowest BCUT2D eigenvalue weighted by atomic mass is 10.1. The van der Waals surface area contributed by atoms with Gasteiger partial charge >= 0.3 is 5.97 Å². The van der Waals surface area contributed by atoms with Crippen LogP contribution in [0.1, 0.15) is 96.3 Å². The van der Waals surface area contributed by atoms with Crippen molar-refractivity contribution in [2.45, 2.75) is 102 Å². The van der Waals surface area contributed by atoms with Gasteiger partial charge in [0.15, 0.2) is 11.9 Å². The number of hydrogen-bond donors (Lipinski definition) is 7. The van der Waals surface area contributed by atoms with Crippen LogP contribution in [0.4, 0.5) is 0 Å². The highest BCUT2D eigenvalue weighted by molar-refractivity contribution is 5.80. The minimum absolute atomic E-state index is 0.108. The van der Waals surface area contributed by atoms with E-state index >= 15 is 0 Å². The lowest BCUT2D eigenvalue weighted by Crippen LogP contribution is -2.49. The van der Waals surface area contributed by atoms with Crippen LogP contribution in [0.3, 0.4) is 0 Å². The van der Waals surface area contributed by atoms with Crippen LogP contribution in [0.25, 0.3) is 0 Å². The zero-order valence-corrected chi connectivity index (χ0v) is 21.0. The van der Waals surface area contributed by atoms with Crippen LogP contribution in [0, 0.1) is 0 Å². The van der Waals surface area contributed by atoms with Gasteiger partial charge in [0.2, 0.25) is 11.8 Å². The second-order valence-electron chi connectivity index (χ2n) is 8.64. The Kier molecular flexibility index (Phi) is 19.6.